The molecule has 0 saturated heterocycles. The van der Waals surface area contributed by atoms with Crippen molar-refractivity contribution >= 4 is 10.0 Å². The Morgan fingerprint density at radius 2 is 1.86 bits per heavy atom. The van der Waals surface area contributed by atoms with Crippen LogP contribution < -0.4 is 0 Å². The molecule has 0 rings (SSSR count). The lowest BCUT2D eigenvalue weighted by Gasteiger charge is -2.23. The second kappa shape index (κ2) is 5.68. The third-order valence-electron chi connectivity index (χ3n) is 1.95. The van der Waals surface area contributed by atoms with E-state index in [1.54, 1.807) is 7.05 Å². The van der Waals surface area contributed by atoms with E-state index in [-0.39, 0.29) is 12.2 Å². The van der Waals surface area contributed by atoms with E-state index in [1.165, 1.54) is 10.6 Å². The van der Waals surface area contributed by atoms with Crippen LogP contribution in [0.25, 0.3) is 0 Å². The minimum absolute atomic E-state index is 0.0188. The third-order valence-corrected chi connectivity index (χ3v) is 3.23. The standard InChI is InChI=1S/C9H21NO3S/c1-6-9(13-8(2)3)7-10(4)14(5,11)12/h8-9H,6-7H2,1-5H3. The summed E-state index contributed by atoms with van der Waals surface area (Å²) in [7, 11) is -1.52. The highest BCUT2D eigenvalue weighted by Gasteiger charge is 2.17. The zero-order valence-electron chi connectivity index (χ0n) is 9.65. The molecule has 5 heteroatoms. The molecule has 0 aromatic heterocycles. The van der Waals surface area contributed by atoms with Crippen LogP contribution >= 0.6 is 0 Å². The molecule has 0 aliphatic carbocycles. The summed E-state index contributed by atoms with van der Waals surface area (Å²) in [5, 5.41) is 0. The number of likely N-dealkylation sites (N-methyl/N-ethyl adjacent to an activating group) is 1. The Balaban J connectivity index is 4.19. The molecule has 0 bridgehead atoms. The van der Waals surface area contributed by atoms with Gasteiger partial charge in [-0.2, -0.15) is 0 Å². The van der Waals surface area contributed by atoms with E-state index in [2.05, 4.69) is 0 Å². The number of hydrogen-bond donors (Lipinski definition) is 0. The zero-order chi connectivity index (χ0) is 11.4. The van der Waals surface area contributed by atoms with Gasteiger partial charge < -0.3 is 4.74 Å². The Kier molecular flexibility index (Phi) is 5.63. The van der Waals surface area contributed by atoms with Crippen LogP contribution in [0.4, 0.5) is 0 Å². The van der Waals surface area contributed by atoms with Crippen molar-refractivity contribution in [2.75, 3.05) is 19.8 Å². The molecule has 0 N–H and O–H groups in total. The van der Waals surface area contributed by atoms with Crippen molar-refractivity contribution in [3.8, 4) is 0 Å². The molecule has 0 amide bonds. The minimum Gasteiger partial charge on any atom is -0.374 e. The van der Waals surface area contributed by atoms with Crippen LogP contribution in [0.3, 0.4) is 0 Å². The van der Waals surface area contributed by atoms with E-state index in [1.807, 2.05) is 20.8 Å². The van der Waals surface area contributed by atoms with Gasteiger partial charge in [-0.05, 0) is 20.3 Å². The fourth-order valence-electron chi connectivity index (χ4n) is 1.08. The molecule has 0 heterocycles. The molecule has 0 saturated carbocycles. The molecule has 1 unspecified atom stereocenters. The van der Waals surface area contributed by atoms with Crippen LogP contribution in [0, 0.1) is 0 Å². The fourth-order valence-corrected chi connectivity index (χ4v) is 1.51. The largest absolute Gasteiger partial charge is 0.374 e. The monoisotopic (exact) mass is 223 g/mol. The summed E-state index contributed by atoms with van der Waals surface area (Å²) >= 11 is 0. The van der Waals surface area contributed by atoms with Crippen LogP contribution in [-0.2, 0) is 14.8 Å². The molecule has 86 valence electrons. The predicted molar refractivity (Wildman–Crippen MR) is 57.8 cm³/mol. The van der Waals surface area contributed by atoms with Crippen molar-refractivity contribution in [1.29, 1.82) is 0 Å². The number of rotatable bonds is 6. The lowest BCUT2D eigenvalue weighted by atomic mass is 10.2. The topological polar surface area (TPSA) is 46.6 Å². The van der Waals surface area contributed by atoms with Crippen molar-refractivity contribution in [3.63, 3.8) is 0 Å². The van der Waals surface area contributed by atoms with E-state index in [0.29, 0.717) is 6.54 Å². The van der Waals surface area contributed by atoms with Crippen molar-refractivity contribution in [2.24, 2.45) is 0 Å². The Morgan fingerprint density at radius 3 is 2.14 bits per heavy atom. The van der Waals surface area contributed by atoms with Crippen LogP contribution in [0.15, 0.2) is 0 Å². The summed E-state index contributed by atoms with van der Waals surface area (Å²) in [4.78, 5) is 0. The molecular formula is C9H21NO3S. The Morgan fingerprint density at radius 1 is 1.36 bits per heavy atom. The number of nitrogens with zero attached hydrogens (tertiary/aromatic N) is 1. The maximum Gasteiger partial charge on any atom is 0.211 e. The van der Waals surface area contributed by atoms with Gasteiger partial charge in [-0.15, -0.1) is 0 Å². The van der Waals surface area contributed by atoms with Crippen molar-refractivity contribution in [3.05, 3.63) is 0 Å². The van der Waals surface area contributed by atoms with E-state index < -0.39 is 10.0 Å². The van der Waals surface area contributed by atoms with Gasteiger partial charge in [0, 0.05) is 13.6 Å². The number of ether oxygens (including phenoxy) is 1. The number of sulfonamides is 1. The quantitative estimate of drug-likeness (QED) is 0.677. The van der Waals surface area contributed by atoms with Gasteiger partial charge in [0.2, 0.25) is 10.0 Å². The number of hydrogen-bond acceptors (Lipinski definition) is 3. The van der Waals surface area contributed by atoms with E-state index in [0.717, 1.165) is 6.42 Å². The first-order valence-corrected chi connectivity index (χ1v) is 6.69. The summed E-state index contributed by atoms with van der Waals surface area (Å²) in [6.45, 7) is 6.31. The average molecular weight is 223 g/mol. The Labute approximate surface area is 87.3 Å². The first-order valence-electron chi connectivity index (χ1n) is 4.84. The van der Waals surface area contributed by atoms with Gasteiger partial charge in [0.15, 0.2) is 0 Å². The smallest absolute Gasteiger partial charge is 0.211 e. The van der Waals surface area contributed by atoms with Gasteiger partial charge in [0.05, 0.1) is 18.5 Å². The Hall–Kier alpha value is -0.130. The minimum atomic E-state index is -3.09. The van der Waals surface area contributed by atoms with Gasteiger partial charge in [0.25, 0.3) is 0 Å². The first kappa shape index (κ1) is 13.9. The molecule has 14 heavy (non-hydrogen) atoms. The predicted octanol–water partition coefficient (Wildman–Crippen LogP) is 1.08. The highest BCUT2D eigenvalue weighted by Crippen LogP contribution is 2.06. The molecule has 0 aromatic carbocycles. The lowest BCUT2D eigenvalue weighted by molar-refractivity contribution is -0.000832. The van der Waals surface area contributed by atoms with Crippen molar-refractivity contribution in [2.45, 2.75) is 39.4 Å². The maximum absolute atomic E-state index is 11.1. The maximum atomic E-state index is 11.1. The highest BCUT2D eigenvalue weighted by molar-refractivity contribution is 7.88. The van der Waals surface area contributed by atoms with Gasteiger partial charge in [-0.1, -0.05) is 6.92 Å². The van der Waals surface area contributed by atoms with Crippen molar-refractivity contribution < 1.29 is 13.2 Å². The van der Waals surface area contributed by atoms with E-state index in [4.69, 9.17) is 4.74 Å². The summed E-state index contributed by atoms with van der Waals surface area (Å²) < 4.78 is 29.2. The average Bonchev–Trinajstić information content (AvgIpc) is 2.00. The normalized spacial score (nSPS) is 15.1. The molecule has 1 atom stereocenters. The molecular weight excluding hydrogens is 202 g/mol. The molecule has 0 radical (unpaired) electrons. The van der Waals surface area contributed by atoms with Gasteiger partial charge >= 0.3 is 0 Å². The first-order chi connectivity index (χ1) is 6.27. The van der Waals surface area contributed by atoms with Gasteiger partial charge in [-0.25, -0.2) is 12.7 Å². The molecule has 0 aliphatic rings. The van der Waals surface area contributed by atoms with Crippen LogP contribution in [0.1, 0.15) is 27.2 Å². The molecule has 0 fully saturated rings. The van der Waals surface area contributed by atoms with Gasteiger partial charge in [0.1, 0.15) is 0 Å². The van der Waals surface area contributed by atoms with Crippen LogP contribution in [0.2, 0.25) is 0 Å². The second-order valence-corrected chi connectivity index (χ2v) is 5.85. The molecule has 0 aromatic rings. The second-order valence-electron chi connectivity index (χ2n) is 3.76. The third kappa shape index (κ3) is 5.57. The lowest BCUT2D eigenvalue weighted by Crippen LogP contribution is -2.35. The zero-order valence-corrected chi connectivity index (χ0v) is 10.5. The Bertz CT molecular complexity index is 249. The summed E-state index contributed by atoms with van der Waals surface area (Å²) in [5.74, 6) is 0. The van der Waals surface area contributed by atoms with Crippen LogP contribution in [-0.4, -0.2) is 44.8 Å². The summed E-state index contributed by atoms with van der Waals surface area (Å²) in [5.41, 5.74) is 0. The molecule has 4 nitrogen and oxygen atoms in total. The van der Waals surface area contributed by atoms with Crippen LogP contribution in [0.5, 0.6) is 0 Å². The van der Waals surface area contributed by atoms with E-state index in [9.17, 15) is 8.42 Å². The highest BCUT2D eigenvalue weighted by atomic mass is 32.2. The molecule has 0 spiro atoms. The van der Waals surface area contributed by atoms with Gasteiger partial charge in [-0.3, -0.25) is 0 Å². The van der Waals surface area contributed by atoms with Crippen molar-refractivity contribution in [1.82, 2.24) is 4.31 Å². The summed E-state index contributed by atoms with van der Waals surface area (Å²) in [6.07, 6.45) is 2.13. The molecule has 0 aliphatic heterocycles. The fraction of sp³-hybridized carbons (Fsp3) is 1.00. The summed E-state index contributed by atoms with van der Waals surface area (Å²) in [6, 6.07) is 0. The SMILES string of the molecule is CCC(CN(C)S(C)(=O)=O)OC(C)C. The van der Waals surface area contributed by atoms with E-state index >= 15 is 0 Å².